The van der Waals surface area contributed by atoms with E-state index in [4.69, 9.17) is 14.0 Å². The lowest BCUT2D eigenvalue weighted by Crippen LogP contribution is -2.46. The number of likely N-dealkylation sites (tertiary alicyclic amines) is 1. The molecule has 24 heavy (non-hydrogen) atoms. The number of nitrogens with zero attached hydrogens (tertiary/aromatic N) is 4. The van der Waals surface area contributed by atoms with Crippen molar-refractivity contribution in [3.05, 3.63) is 30.4 Å². The number of aromatic nitrogens is 3. The summed E-state index contributed by atoms with van der Waals surface area (Å²) in [7, 11) is 0. The Labute approximate surface area is 141 Å². The van der Waals surface area contributed by atoms with E-state index in [1.54, 1.807) is 12.4 Å². The summed E-state index contributed by atoms with van der Waals surface area (Å²) in [4.78, 5) is 11.0. The Hall–Kier alpha value is -1.83. The van der Waals surface area contributed by atoms with E-state index < -0.39 is 0 Å². The molecule has 2 atom stereocenters. The van der Waals surface area contributed by atoms with E-state index in [9.17, 15) is 0 Å². The smallest absolute Gasteiger partial charge is 0.244 e. The third kappa shape index (κ3) is 2.94. The monoisotopic (exact) mass is 330 g/mol. The van der Waals surface area contributed by atoms with Crippen molar-refractivity contribution in [1.29, 1.82) is 0 Å². The number of hydrogen-bond donors (Lipinski definition) is 0. The Balaban J connectivity index is 1.42. The van der Waals surface area contributed by atoms with Gasteiger partial charge in [0.2, 0.25) is 11.7 Å². The molecule has 2 fully saturated rings. The number of pyridine rings is 1. The first-order valence-corrected chi connectivity index (χ1v) is 8.45. The van der Waals surface area contributed by atoms with Gasteiger partial charge in [-0.2, -0.15) is 4.98 Å². The fourth-order valence-corrected chi connectivity index (χ4v) is 3.39. The first-order chi connectivity index (χ1) is 11.7. The molecule has 7 nitrogen and oxygen atoms in total. The van der Waals surface area contributed by atoms with Gasteiger partial charge < -0.3 is 14.0 Å². The molecule has 4 heterocycles. The van der Waals surface area contributed by atoms with Gasteiger partial charge in [-0.1, -0.05) is 5.16 Å². The number of rotatable bonds is 3. The van der Waals surface area contributed by atoms with Crippen molar-refractivity contribution in [2.75, 3.05) is 19.7 Å². The van der Waals surface area contributed by atoms with Gasteiger partial charge in [-0.3, -0.25) is 9.88 Å². The van der Waals surface area contributed by atoms with Crippen LogP contribution in [0.1, 0.15) is 38.6 Å². The quantitative estimate of drug-likeness (QED) is 0.855. The van der Waals surface area contributed by atoms with Gasteiger partial charge in [0.1, 0.15) is 0 Å². The normalized spacial score (nSPS) is 25.2. The van der Waals surface area contributed by atoms with Crippen molar-refractivity contribution in [3.63, 3.8) is 0 Å². The fraction of sp³-hybridized carbons (Fsp3) is 0.588. The Kier molecular flexibility index (Phi) is 4.07. The van der Waals surface area contributed by atoms with Gasteiger partial charge in [0.15, 0.2) is 5.79 Å². The van der Waals surface area contributed by atoms with Crippen molar-refractivity contribution in [2.24, 2.45) is 0 Å². The van der Waals surface area contributed by atoms with Crippen LogP contribution < -0.4 is 0 Å². The zero-order valence-corrected chi connectivity index (χ0v) is 14.0. The van der Waals surface area contributed by atoms with Crippen LogP contribution in [0.3, 0.4) is 0 Å². The molecule has 2 aromatic heterocycles. The summed E-state index contributed by atoms with van der Waals surface area (Å²) >= 11 is 0. The third-order valence-corrected chi connectivity index (χ3v) is 4.82. The molecule has 0 saturated carbocycles. The molecule has 2 aliphatic rings. The molecule has 0 aromatic carbocycles. The maximum atomic E-state index is 5.98. The van der Waals surface area contributed by atoms with Crippen LogP contribution in [-0.4, -0.2) is 51.6 Å². The van der Waals surface area contributed by atoms with E-state index >= 15 is 0 Å². The number of ether oxygens (including phenoxy) is 2. The fourth-order valence-electron chi connectivity index (χ4n) is 3.39. The van der Waals surface area contributed by atoms with Crippen LogP contribution in [0.5, 0.6) is 0 Å². The van der Waals surface area contributed by atoms with Crippen molar-refractivity contribution in [3.8, 4) is 11.4 Å². The Morgan fingerprint density at radius 1 is 1.33 bits per heavy atom. The number of piperidine rings is 1. The van der Waals surface area contributed by atoms with Gasteiger partial charge in [-0.05, 0) is 26.0 Å². The maximum absolute atomic E-state index is 5.98. The molecule has 2 aromatic rings. The van der Waals surface area contributed by atoms with E-state index in [0.29, 0.717) is 18.3 Å². The average molecular weight is 330 g/mol. The molecule has 0 amide bonds. The minimum Gasteiger partial charge on any atom is -0.347 e. The highest BCUT2D eigenvalue weighted by atomic mass is 16.7. The summed E-state index contributed by atoms with van der Waals surface area (Å²) in [6.45, 7) is 6.62. The topological polar surface area (TPSA) is 73.5 Å². The van der Waals surface area contributed by atoms with Gasteiger partial charge in [0.25, 0.3) is 0 Å². The molecule has 4 rings (SSSR count). The van der Waals surface area contributed by atoms with Gasteiger partial charge in [0.05, 0.1) is 18.8 Å². The second-order valence-corrected chi connectivity index (χ2v) is 6.56. The van der Waals surface area contributed by atoms with Crippen LogP contribution in [0.25, 0.3) is 11.4 Å². The predicted molar refractivity (Wildman–Crippen MR) is 86.0 cm³/mol. The Bertz CT molecular complexity index is 682. The highest BCUT2D eigenvalue weighted by Gasteiger charge is 2.43. The van der Waals surface area contributed by atoms with Gasteiger partial charge in [0, 0.05) is 43.9 Å². The van der Waals surface area contributed by atoms with Crippen molar-refractivity contribution in [2.45, 2.75) is 44.6 Å². The SMILES string of the molecule is CC1COC2(CCN(C(C)c3nc(-c4cccnc4)no3)CC2)O1. The largest absolute Gasteiger partial charge is 0.347 e. The molecule has 2 aliphatic heterocycles. The number of hydrogen-bond acceptors (Lipinski definition) is 7. The summed E-state index contributed by atoms with van der Waals surface area (Å²) in [5, 5.41) is 4.08. The van der Waals surface area contributed by atoms with E-state index in [-0.39, 0.29) is 17.9 Å². The molecular formula is C17H22N4O3. The molecule has 0 N–H and O–H groups in total. The van der Waals surface area contributed by atoms with E-state index in [0.717, 1.165) is 31.5 Å². The zero-order chi connectivity index (χ0) is 16.6. The molecule has 1 spiro atoms. The molecule has 0 radical (unpaired) electrons. The Morgan fingerprint density at radius 2 is 2.17 bits per heavy atom. The Morgan fingerprint density at radius 3 is 2.83 bits per heavy atom. The molecule has 0 aliphatic carbocycles. The maximum Gasteiger partial charge on any atom is 0.244 e. The standard InChI is InChI=1S/C17H22N4O3/c1-12-11-22-17(23-12)5-8-21(9-6-17)13(2)16-19-15(20-24-16)14-4-3-7-18-10-14/h3-4,7,10,12-13H,5-6,8-9,11H2,1-2H3. The van der Waals surface area contributed by atoms with Gasteiger partial charge in [-0.15, -0.1) is 0 Å². The highest BCUT2D eigenvalue weighted by molar-refractivity contribution is 5.51. The summed E-state index contributed by atoms with van der Waals surface area (Å²) in [5.74, 6) is 0.826. The lowest BCUT2D eigenvalue weighted by molar-refractivity contribution is -0.196. The first kappa shape index (κ1) is 15.7. The molecule has 0 bridgehead atoms. The zero-order valence-electron chi connectivity index (χ0n) is 14.0. The van der Waals surface area contributed by atoms with Crippen LogP contribution in [-0.2, 0) is 9.47 Å². The van der Waals surface area contributed by atoms with Crippen molar-refractivity contribution < 1.29 is 14.0 Å². The predicted octanol–water partition coefficient (Wildman–Crippen LogP) is 2.42. The summed E-state index contributed by atoms with van der Waals surface area (Å²) < 4.78 is 17.3. The van der Waals surface area contributed by atoms with Crippen LogP contribution in [0.4, 0.5) is 0 Å². The van der Waals surface area contributed by atoms with Crippen LogP contribution in [0.15, 0.2) is 29.0 Å². The molecule has 128 valence electrons. The van der Waals surface area contributed by atoms with E-state index in [1.165, 1.54) is 0 Å². The van der Waals surface area contributed by atoms with Crippen molar-refractivity contribution in [1.82, 2.24) is 20.0 Å². The van der Waals surface area contributed by atoms with Crippen LogP contribution in [0.2, 0.25) is 0 Å². The van der Waals surface area contributed by atoms with Crippen LogP contribution in [0, 0.1) is 0 Å². The first-order valence-electron chi connectivity index (χ1n) is 8.45. The second kappa shape index (κ2) is 6.23. The molecule has 7 heteroatoms. The van der Waals surface area contributed by atoms with Gasteiger partial charge in [-0.25, -0.2) is 0 Å². The summed E-state index contributed by atoms with van der Waals surface area (Å²) in [5.41, 5.74) is 0.860. The van der Waals surface area contributed by atoms with Gasteiger partial charge >= 0.3 is 0 Å². The molecular weight excluding hydrogens is 308 g/mol. The highest BCUT2D eigenvalue weighted by Crippen LogP contribution is 2.36. The summed E-state index contributed by atoms with van der Waals surface area (Å²) in [6.07, 6.45) is 5.38. The minimum absolute atomic E-state index is 0.0686. The molecule has 2 saturated heterocycles. The summed E-state index contributed by atoms with van der Waals surface area (Å²) in [6, 6.07) is 3.85. The lowest BCUT2D eigenvalue weighted by atomic mass is 10.0. The molecule has 2 unspecified atom stereocenters. The average Bonchev–Trinajstić information content (AvgIpc) is 3.24. The lowest BCUT2D eigenvalue weighted by Gasteiger charge is -2.39. The van der Waals surface area contributed by atoms with Crippen molar-refractivity contribution >= 4 is 0 Å². The minimum atomic E-state index is -0.384. The third-order valence-electron chi connectivity index (χ3n) is 4.82. The van der Waals surface area contributed by atoms with Crippen LogP contribution >= 0.6 is 0 Å². The van der Waals surface area contributed by atoms with E-state index in [2.05, 4.69) is 33.9 Å². The second-order valence-electron chi connectivity index (χ2n) is 6.56. The van der Waals surface area contributed by atoms with E-state index in [1.807, 2.05) is 12.1 Å².